The summed E-state index contributed by atoms with van der Waals surface area (Å²) >= 11 is 1.02. The van der Waals surface area contributed by atoms with E-state index in [1.165, 1.54) is 4.90 Å². The van der Waals surface area contributed by atoms with Gasteiger partial charge in [-0.15, -0.1) is 0 Å². The number of carbonyl (C=O) groups is 2. The lowest BCUT2D eigenvalue weighted by atomic mass is 10.1. The maximum Gasteiger partial charge on any atom is 0.326 e. The Kier molecular flexibility index (Phi) is 4.62. The number of carboxylic acid groups (broad SMARTS) is 1. The normalized spacial score (nSPS) is 21.5. The fourth-order valence-corrected chi connectivity index (χ4v) is 2.27. The maximum absolute atomic E-state index is 11.9. The molecule has 1 aliphatic rings. The van der Waals surface area contributed by atoms with Gasteiger partial charge < -0.3 is 10.0 Å². The van der Waals surface area contributed by atoms with Crippen molar-refractivity contribution in [2.24, 2.45) is 5.92 Å². The average molecular weight is 242 g/mol. The Labute approximate surface area is 98.4 Å². The van der Waals surface area contributed by atoms with E-state index in [1.807, 2.05) is 5.40 Å². The molecular weight excluding hydrogens is 228 g/mol. The Bertz CT molecular complexity index is 327. The summed E-state index contributed by atoms with van der Waals surface area (Å²) in [6.07, 6.45) is 1.26. The smallest absolute Gasteiger partial charge is 0.326 e. The van der Waals surface area contributed by atoms with Crippen LogP contribution in [0.1, 0.15) is 19.8 Å². The van der Waals surface area contributed by atoms with Crippen LogP contribution in [0.5, 0.6) is 0 Å². The van der Waals surface area contributed by atoms with E-state index in [1.54, 1.807) is 6.92 Å². The van der Waals surface area contributed by atoms with Crippen molar-refractivity contribution in [1.82, 2.24) is 4.90 Å². The van der Waals surface area contributed by atoms with Crippen molar-refractivity contribution in [2.75, 3.05) is 12.3 Å². The zero-order valence-electron chi connectivity index (χ0n) is 9.05. The Morgan fingerprint density at radius 1 is 1.69 bits per heavy atom. The van der Waals surface area contributed by atoms with Gasteiger partial charge in [-0.2, -0.15) is 5.26 Å². The number of nitriles is 1. The molecule has 0 saturated carbocycles. The standard InChI is InChI=1S/C10H14N2O3S/c1-7(5-16-6-11)9(13)12-4-2-3-8(12)10(14)15/h7-8H,2-5H2,1H3,(H,14,15)/t7-,8+/m1/s1. The van der Waals surface area contributed by atoms with Crippen LogP contribution in [-0.4, -0.2) is 40.2 Å². The monoisotopic (exact) mass is 242 g/mol. The van der Waals surface area contributed by atoms with Crippen molar-refractivity contribution in [2.45, 2.75) is 25.8 Å². The number of rotatable bonds is 4. The predicted octanol–water partition coefficient (Wildman–Crippen LogP) is 0.912. The molecule has 1 N–H and O–H groups in total. The van der Waals surface area contributed by atoms with Crippen LogP contribution in [0.25, 0.3) is 0 Å². The number of carbonyl (C=O) groups excluding carboxylic acids is 1. The fraction of sp³-hybridized carbons (Fsp3) is 0.700. The third kappa shape index (κ3) is 2.89. The summed E-state index contributed by atoms with van der Waals surface area (Å²) in [5, 5.41) is 19.2. The van der Waals surface area contributed by atoms with Gasteiger partial charge in [0.1, 0.15) is 11.4 Å². The van der Waals surface area contributed by atoms with Crippen LogP contribution in [0.2, 0.25) is 0 Å². The van der Waals surface area contributed by atoms with Gasteiger partial charge >= 0.3 is 5.97 Å². The third-order valence-corrected chi connectivity index (χ3v) is 3.44. The highest BCUT2D eigenvalue weighted by molar-refractivity contribution is 8.03. The van der Waals surface area contributed by atoms with E-state index < -0.39 is 12.0 Å². The molecule has 0 unspecified atom stereocenters. The van der Waals surface area contributed by atoms with Crippen molar-refractivity contribution in [3.63, 3.8) is 0 Å². The highest BCUT2D eigenvalue weighted by Crippen LogP contribution is 2.21. The highest BCUT2D eigenvalue weighted by Gasteiger charge is 2.35. The SMILES string of the molecule is C[C@H](CSC#N)C(=O)N1CCC[C@H]1C(=O)O. The van der Waals surface area contributed by atoms with E-state index in [-0.39, 0.29) is 11.8 Å². The molecule has 0 aromatic heterocycles. The molecule has 1 saturated heterocycles. The fourth-order valence-electron chi connectivity index (χ4n) is 1.80. The number of likely N-dealkylation sites (tertiary alicyclic amines) is 1. The molecule has 0 aromatic rings. The molecule has 1 amide bonds. The Hall–Kier alpha value is -1.22. The molecule has 2 atom stereocenters. The molecular formula is C10H14N2O3S. The summed E-state index contributed by atoms with van der Waals surface area (Å²) in [7, 11) is 0. The van der Waals surface area contributed by atoms with E-state index in [0.717, 1.165) is 18.2 Å². The summed E-state index contributed by atoms with van der Waals surface area (Å²) < 4.78 is 0. The van der Waals surface area contributed by atoms with E-state index >= 15 is 0 Å². The van der Waals surface area contributed by atoms with Gasteiger partial charge in [0, 0.05) is 18.2 Å². The third-order valence-electron chi connectivity index (χ3n) is 2.64. The number of thioether (sulfide) groups is 1. The quantitative estimate of drug-likeness (QED) is 0.741. The molecule has 0 aromatic carbocycles. The van der Waals surface area contributed by atoms with Crippen LogP contribution < -0.4 is 0 Å². The van der Waals surface area contributed by atoms with Crippen molar-refractivity contribution in [3.8, 4) is 5.40 Å². The Balaban J connectivity index is 2.59. The summed E-state index contributed by atoms with van der Waals surface area (Å²) in [4.78, 5) is 24.2. The van der Waals surface area contributed by atoms with Gasteiger partial charge in [-0.1, -0.05) is 6.92 Å². The van der Waals surface area contributed by atoms with E-state index in [0.29, 0.717) is 18.7 Å². The van der Waals surface area contributed by atoms with Gasteiger partial charge in [0.25, 0.3) is 0 Å². The largest absolute Gasteiger partial charge is 0.480 e. The second-order valence-corrected chi connectivity index (χ2v) is 4.64. The molecule has 16 heavy (non-hydrogen) atoms. The van der Waals surface area contributed by atoms with Crippen LogP contribution in [0, 0.1) is 16.6 Å². The lowest BCUT2D eigenvalue weighted by Gasteiger charge is -2.24. The average Bonchev–Trinajstić information content (AvgIpc) is 2.73. The molecule has 0 spiro atoms. The van der Waals surface area contributed by atoms with Crippen LogP contribution in [-0.2, 0) is 9.59 Å². The van der Waals surface area contributed by atoms with E-state index in [2.05, 4.69) is 0 Å². The molecule has 88 valence electrons. The summed E-state index contributed by atoms with van der Waals surface area (Å²) in [5.41, 5.74) is 0. The topological polar surface area (TPSA) is 81.4 Å². The molecule has 1 aliphatic heterocycles. The van der Waals surface area contributed by atoms with Crippen LogP contribution >= 0.6 is 11.8 Å². The molecule has 0 radical (unpaired) electrons. The number of carboxylic acids is 1. The first-order valence-electron chi connectivity index (χ1n) is 5.12. The molecule has 0 bridgehead atoms. The first-order chi connectivity index (χ1) is 7.57. The van der Waals surface area contributed by atoms with Crippen molar-refractivity contribution in [3.05, 3.63) is 0 Å². The van der Waals surface area contributed by atoms with Crippen molar-refractivity contribution < 1.29 is 14.7 Å². The lowest BCUT2D eigenvalue weighted by molar-refractivity contribution is -0.149. The first-order valence-corrected chi connectivity index (χ1v) is 6.10. The number of hydrogen-bond acceptors (Lipinski definition) is 4. The minimum atomic E-state index is -0.939. The molecule has 1 fully saturated rings. The summed E-state index contributed by atoms with van der Waals surface area (Å²) in [6.45, 7) is 2.24. The van der Waals surface area contributed by atoms with E-state index in [4.69, 9.17) is 10.4 Å². The second kappa shape index (κ2) is 5.75. The second-order valence-electron chi connectivity index (χ2n) is 3.83. The van der Waals surface area contributed by atoms with Crippen molar-refractivity contribution in [1.29, 1.82) is 5.26 Å². The van der Waals surface area contributed by atoms with Crippen LogP contribution in [0.15, 0.2) is 0 Å². The lowest BCUT2D eigenvalue weighted by Crippen LogP contribution is -2.43. The minimum absolute atomic E-state index is 0.160. The predicted molar refractivity (Wildman–Crippen MR) is 59.6 cm³/mol. The van der Waals surface area contributed by atoms with Gasteiger partial charge in [-0.05, 0) is 24.6 Å². The number of nitrogens with zero attached hydrogens (tertiary/aromatic N) is 2. The first kappa shape index (κ1) is 12.8. The van der Waals surface area contributed by atoms with Crippen LogP contribution in [0.3, 0.4) is 0 Å². The number of amides is 1. The maximum atomic E-state index is 11.9. The van der Waals surface area contributed by atoms with Gasteiger partial charge in [-0.25, -0.2) is 4.79 Å². The van der Waals surface area contributed by atoms with Gasteiger partial charge in [0.15, 0.2) is 0 Å². The van der Waals surface area contributed by atoms with E-state index in [9.17, 15) is 9.59 Å². The van der Waals surface area contributed by atoms with Crippen LogP contribution in [0.4, 0.5) is 0 Å². The highest BCUT2D eigenvalue weighted by atomic mass is 32.2. The number of hydrogen-bond donors (Lipinski definition) is 1. The molecule has 5 nitrogen and oxygen atoms in total. The van der Waals surface area contributed by atoms with Gasteiger partial charge in [0.2, 0.25) is 5.91 Å². The number of thiocyanates is 1. The Morgan fingerprint density at radius 3 is 2.94 bits per heavy atom. The Morgan fingerprint density at radius 2 is 2.38 bits per heavy atom. The molecule has 6 heteroatoms. The zero-order chi connectivity index (χ0) is 12.1. The number of aliphatic carboxylic acids is 1. The van der Waals surface area contributed by atoms with Crippen molar-refractivity contribution >= 4 is 23.6 Å². The molecule has 1 rings (SSSR count). The zero-order valence-corrected chi connectivity index (χ0v) is 9.87. The molecule has 0 aliphatic carbocycles. The van der Waals surface area contributed by atoms with Gasteiger partial charge in [-0.3, -0.25) is 4.79 Å². The summed E-state index contributed by atoms with van der Waals surface area (Å²) in [6, 6.07) is -0.679. The van der Waals surface area contributed by atoms with Gasteiger partial charge in [0.05, 0.1) is 0 Å². The minimum Gasteiger partial charge on any atom is -0.480 e. The summed E-state index contributed by atoms with van der Waals surface area (Å²) in [5.74, 6) is -0.985. The molecule has 1 heterocycles.